The molecule has 1 fully saturated rings. The topological polar surface area (TPSA) is 47.3 Å². The number of hydrogen-bond donors (Lipinski definition) is 2. The fraction of sp³-hybridized carbons (Fsp3) is 1.00. The standard InChI is InChI=1S/C14H30N2O/c1-11(2)10-17-13-9-12(14(13,3)4)16-8-6-5-7-15/h11-13,16H,5-10,15H2,1-4H3. The molecule has 0 spiro atoms. The first-order chi connectivity index (χ1) is 7.98. The SMILES string of the molecule is CC(C)COC1CC(NCCCCN)C1(C)C. The van der Waals surface area contributed by atoms with Crippen molar-refractivity contribution in [3.63, 3.8) is 0 Å². The summed E-state index contributed by atoms with van der Waals surface area (Å²) >= 11 is 0. The minimum atomic E-state index is 0.275. The quantitative estimate of drug-likeness (QED) is 0.641. The maximum Gasteiger partial charge on any atom is 0.0656 e. The van der Waals surface area contributed by atoms with Gasteiger partial charge in [0.25, 0.3) is 0 Å². The highest BCUT2D eigenvalue weighted by molar-refractivity contribution is 5.02. The Labute approximate surface area is 106 Å². The summed E-state index contributed by atoms with van der Waals surface area (Å²) in [6, 6.07) is 0.609. The van der Waals surface area contributed by atoms with E-state index in [0.717, 1.165) is 32.5 Å². The second kappa shape index (κ2) is 6.72. The van der Waals surface area contributed by atoms with Gasteiger partial charge in [-0.2, -0.15) is 0 Å². The molecule has 2 atom stereocenters. The molecule has 0 amide bonds. The summed E-state index contributed by atoms with van der Waals surface area (Å²) in [6.45, 7) is 11.8. The summed E-state index contributed by atoms with van der Waals surface area (Å²) in [4.78, 5) is 0. The third-order valence-corrected chi connectivity index (χ3v) is 3.83. The molecule has 3 heteroatoms. The van der Waals surface area contributed by atoms with E-state index in [9.17, 15) is 0 Å². The van der Waals surface area contributed by atoms with Crippen molar-refractivity contribution >= 4 is 0 Å². The van der Waals surface area contributed by atoms with Gasteiger partial charge in [0.2, 0.25) is 0 Å². The zero-order valence-electron chi connectivity index (χ0n) is 12.0. The van der Waals surface area contributed by atoms with Crippen LogP contribution in [0.25, 0.3) is 0 Å². The van der Waals surface area contributed by atoms with Crippen LogP contribution < -0.4 is 11.1 Å². The van der Waals surface area contributed by atoms with Gasteiger partial charge in [0.1, 0.15) is 0 Å². The first-order valence-corrected chi connectivity index (χ1v) is 7.03. The third-order valence-electron chi connectivity index (χ3n) is 3.83. The Hall–Kier alpha value is -0.120. The minimum absolute atomic E-state index is 0.275. The minimum Gasteiger partial charge on any atom is -0.377 e. The molecule has 1 rings (SSSR count). The maximum atomic E-state index is 5.95. The highest BCUT2D eigenvalue weighted by Crippen LogP contribution is 2.42. The second-order valence-corrected chi connectivity index (χ2v) is 6.28. The molecule has 0 bridgehead atoms. The fourth-order valence-electron chi connectivity index (χ4n) is 2.37. The van der Waals surface area contributed by atoms with Crippen molar-refractivity contribution in [1.82, 2.24) is 5.32 Å². The molecular weight excluding hydrogens is 212 g/mol. The molecule has 2 unspecified atom stereocenters. The average molecular weight is 242 g/mol. The lowest BCUT2D eigenvalue weighted by Gasteiger charge is -2.52. The lowest BCUT2D eigenvalue weighted by molar-refractivity contribution is -0.123. The monoisotopic (exact) mass is 242 g/mol. The van der Waals surface area contributed by atoms with E-state index in [1.54, 1.807) is 0 Å². The highest BCUT2D eigenvalue weighted by atomic mass is 16.5. The van der Waals surface area contributed by atoms with Gasteiger partial charge in [0.05, 0.1) is 6.10 Å². The van der Waals surface area contributed by atoms with E-state index in [2.05, 4.69) is 33.0 Å². The summed E-state index contributed by atoms with van der Waals surface area (Å²) in [6.07, 6.45) is 3.88. The van der Waals surface area contributed by atoms with Gasteiger partial charge in [-0.15, -0.1) is 0 Å². The zero-order valence-corrected chi connectivity index (χ0v) is 12.0. The molecule has 0 aromatic carbocycles. The first-order valence-electron chi connectivity index (χ1n) is 7.03. The van der Waals surface area contributed by atoms with E-state index in [1.165, 1.54) is 6.42 Å². The van der Waals surface area contributed by atoms with Gasteiger partial charge in [0.15, 0.2) is 0 Å². The summed E-state index contributed by atoms with van der Waals surface area (Å²) in [5.74, 6) is 0.627. The number of unbranched alkanes of at least 4 members (excludes halogenated alkanes) is 1. The summed E-state index contributed by atoms with van der Waals surface area (Å²) in [5.41, 5.74) is 5.76. The predicted octanol–water partition coefficient (Wildman–Crippen LogP) is 2.15. The largest absolute Gasteiger partial charge is 0.377 e. The van der Waals surface area contributed by atoms with Gasteiger partial charge in [-0.1, -0.05) is 27.7 Å². The first kappa shape index (κ1) is 14.9. The molecule has 3 N–H and O–H groups in total. The highest BCUT2D eigenvalue weighted by Gasteiger charge is 2.48. The van der Waals surface area contributed by atoms with E-state index in [4.69, 9.17) is 10.5 Å². The zero-order chi connectivity index (χ0) is 12.9. The molecule has 0 aromatic heterocycles. The molecule has 1 aliphatic carbocycles. The molecular formula is C14H30N2O. The Kier molecular flexibility index (Phi) is 5.90. The van der Waals surface area contributed by atoms with Gasteiger partial charge >= 0.3 is 0 Å². The van der Waals surface area contributed by atoms with Gasteiger partial charge < -0.3 is 15.8 Å². The Bertz CT molecular complexity index is 216. The van der Waals surface area contributed by atoms with Crippen LogP contribution in [0.15, 0.2) is 0 Å². The summed E-state index contributed by atoms with van der Waals surface area (Å²) in [7, 11) is 0. The number of rotatable bonds is 8. The van der Waals surface area contributed by atoms with Crippen LogP contribution in [0.4, 0.5) is 0 Å². The Morgan fingerprint density at radius 1 is 1.35 bits per heavy atom. The molecule has 0 heterocycles. The molecule has 17 heavy (non-hydrogen) atoms. The Morgan fingerprint density at radius 2 is 2.06 bits per heavy atom. The number of ether oxygens (including phenoxy) is 1. The molecule has 3 nitrogen and oxygen atoms in total. The molecule has 1 aliphatic rings. The normalized spacial score (nSPS) is 27.2. The molecule has 0 radical (unpaired) electrons. The van der Waals surface area contributed by atoms with Crippen molar-refractivity contribution in [2.75, 3.05) is 19.7 Å². The van der Waals surface area contributed by atoms with Crippen LogP contribution in [-0.4, -0.2) is 31.8 Å². The number of nitrogens with one attached hydrogen (secondary N) is 1. The fourth-order valence-corrected chi connectivity index (χ4v) is 2.37. The van der Waals surface area contributed by atoms with E-state index < -0.39 is 0 Å². The third kappa shape index (κ3) is 4.23. The van der Waals surface area contributed by atoms with E-state index in [1.807, 2.05) is 0 Å². The van der Waals surface area contributed by atoms with Gasteiger partial charge in [-0.05, 0) is 38.3 Å². The van der Waals surface area contributed by atoms with Crippen molar-refractivity contribution in [3.05, 3.63) is 0 Å². The van der Waals surface area contributed by atoms with Crippen LogP contribution in [0.1, 0.15) is 47.0 Å². The van der Waals surface area contributed by atoms with Crippen LogP contribution in [0.2, 0.25) is 0 Å². The summed E-state index contributed by atoms with van der Waals surface area (Å²) < 4.78 is 5.95. The number of nitrogens with two attached hydrogens (primary N) is 1. The summed E-state index contributed by atoms with van der Waals surface area (Å²) in [5, 5.41) is 3.63. The van der Waals surface area contributed by atoms with Crippen LogP contribution >= 0.6 is 0 Å². The van der Waals surface area contributed by atoms with E-state index in [-0.39, 0.29) is 5.41 Å². The van der Waals surface area contributed by atoms with Crippen LogP contribution in [0.3, 0.4) is 0 Å². The van der Waals surface area contributed by atoms with Crippen molar-refractivity contribution in [3.8, 4) is 0 Å². The molecule has 0 aliphatic heterocycles. The predicted molar refractivity (Wildman–Crippen MR) is 73.1 cm³/mol. The van der Waals surface area contributed by atoms with Gasteiger partial charge in [-0.25, -0.2) is 0 Å². The molecule has 102 valence electrons. The molecule has 0 aromatic rings. The van der Waals surface area contributed by atoms with Crippen LogP contribution in [-0.2, 0) is 4.74 Å². The van der Waals surface area contributed by atoms with Crippen molar-refractivity contribution in [2.45, 2.75) is 59.1 Å². The lowest BCUT2D eigenvalue weighted by atomic mass is 9.64. The maximum absolute atomic E-state index is 5.95. The van der Waals surface area contributed by atoms with Gasteiger partial charge in [0, 0.05) is 18.1 Å². The average Bonchev–Trinajstić information content (AvgIpc) is 2.25. The van der Waals surface area contributed by atoms with Crippen molar-refractivity contribution in [1.29, 1.82) is 0 Å². The molecule has 1 saturated carbocycles. The van der Waals surface area contributed by atoms with Crippen molar-refractivity contribution in [2.24, 2.45) is 17.1 Å². The number of hydrogen-bond acceptors (Lipinski definition) is 3. The lowest BCUT2D eigenvalue weighted by Crippen LogP contribution is -2.61. The van der Waals surface area contributed by atoms with Crippen LogP contribution in [0.5, 0.6) is 0 Å². The Morgan fingerprint density at radius 3 is 2.59 bits per heavy atom. The molecule has 0 saturated heterocycles. The van der Waals surface area contributed by atoms with Crippen molar-refractivity contribution < 1.29 is 4.74 Å². The Balaban J connectivity index is 2.19. The van der Waals surface area contributed by atoms with Crippen LogP contribution in [0, 0.1) is 11.3 Å². The second-order valence-electron chi connectivity index (χ2n) is 6.28. The van der Waals surface area contributed by atoms with E-state index in [0.29, 0.717) is 18.1 Å². The van der Waals surface area contributed by atoms with Gasteiger partial charge in [-0.3, -0.25) is 0 Å². The van der Waals surface area contributed by atoms with E-state index >= 15 is 0 Å². The smallest absolute Gasteiger partial charge is 0.0656 e.